The molecule has 1 radical (unpaired) electrons. The van der Waals surface area contributed by atoms with Gasteiger partial charge in [0, 0.05) is 0 Å². The number of halogens is 6. The molecule has 0 fully saturated rings. The molecule has 0 aliphatic heterocycles. The summed E-state index contributed by atoms with van der Waals surface area (Å²) >= 11 is 28.6. The van der Waals surface area contributed by atoms with Crippen LogP contribution in [0.25, 0.3) is 0 Å². The zero-order valence-corrected chi connectivity index (χ0v) is 17.4. The van der Waals surface area contributed by atoms with Gasteiger partial charge in [0.25, 0.3) is 3.79 Å². The van der Waals surface area contributed by atoms with E-state index >= 15 is 0 Å². The van der Waals surface area contributed by atoms with Gasteiger partial charge in [0.2, 0.25) is 3.79 Å². The molecule has 2 rings (SSSR count). The van der Waals surface area contributed by atoms with Gasteiger partial charge in [-0.05, 0) is 0 Å². The third-order valence-corrected chi connectivity index (χ3v) is 2.33. The molecule has 141 valence electrons. The molecule has 0 unspecified atom stereocenters. The molecule has 4 nitrogen and oxygen atoms in total. The van der Waals surface area contributed by atoms with Crippen LogP contribution >= 0.6 is 69.6 Å². The van der Waals surface area contributed by atoms with Crippen molar-refractivity contribution in [1.82, 2.24) is 0 Å². The summed E-state index contributed by atoms with van der Waals surface area (Å²) in [6.45, 7) is 0. The molecule has 11 heteroatoms. The van der Waals surface area contributed by atoms with Gasteiger partial charge in [0.1, 0.15) is 0 Å². The fourth-order valence-electron chi connectivity index (χ4n) is 0.501. The molecule has 0 atom stereocenters. The Hall–Kier alpha value is -0.101. The zero-order valence-electron chi connectivity index (χ0n) is 11.8. The molecule has 0 saturated carbocycles. The molecule has 0 aliphatic rings. The molecule has 0 amide bonds. The standard InChI is InChI=1S/C5H5.C5H.2C2HCl3O2.Fe/c2*1-2-4-5-3-1;2*3-2(4,5)1(6)7;/h1-5H;1H;2*(H,6,7);/q-1;-5;;;+3/p-1. The predicted octanol–water partition coefficient (Wildman–Crippen LogP) is 3.56. The SMILES string of the molecule is O=C(O)C(Cl)(Cl)Cl.O=C([O-])C(Cl)(Cl)Cl.[Fe+3].[c-]1[c-][c-][cH-][c-]1.c1cc[cH-]c1. The molecule has 0 spiro atoms. The second-order valence-electron chi connectivity index (χ2n) is 3.23. The topological polar surface area (TPSA) is 77.4 Å². The summed E-state index contributed by atoms with van der Waals surface area (Å²) < 4.78 is -4.44. The van der Waals surface area contributed by atoms with Crippen LogP contribution < -0.4 is 5.11 Å². The smallest absolute Gasteiger partial charge is 0.999 e. The fourth-order valence-corrected chi connectivity index (χ4v) is 0.501. The average molecular weight is 508 g/mol. The zero-order chi connectivity index (χ0) is 19.2. The summed E-state index contributed by atoms with van der Waals surface area (Å²) in [5, 5.41) is 17.4. The van der Waals surface area contributed by atoms with Crippen LogP contribution in [0.2, 0.25) is 0 Å². The van der Waals surface area contributed by atoms with E-state index in [1.54, 1.807) is 6.07 Å². The molecular weight excluding hydrogens is 501 g/mol. The van der Waals surface area contributed by atoms with Crippen molar-refractivity contribution in [2.45, 2.75) is 7.59 Å². The quantitative estimate of drug-likeness (QED) is 0.336. The summed E-state index contributed by atoms with van der Waals surface area (Å²) in [7, 11) is 0. The minimum Gasteiger partial charge on any atom is -0.999 e. The van der Waals surface area contributed by atoms with Crippen LogP contribution in [0.3, 0.4) is 0 Å². The Morgan fingerprint density at radius 3 is 1.32 bits per heavy atom. The minimum atomic E-state index is -2.28. The maximum absolute atomic E-state index is 9.62. The van der Waals surface area contributed by atoms with Gasteiger partial charge < -0.3 is 45.3 Å². The van der Waals surface area contributed by atoms with Gasteiger partial charge in [-0.2, -0.15) is 18.2 Å². The van der Waals surface area contributed by atoms with Gasteiger partial charge >= 0.3 is 23.0 Å². The second-order valence-corrected chi connectivity index (χ2v) is 7.80. The van der Waals surface area contributed by atoms with Crippen LogP contribution in [0.5, 0.6) is 0 Å². The number of hydrogen-bond acceptors (Lipinski definition) is 3. The number of alkyl halides is 6. The van der Waals surface area contributed by atoms with E-state index in [1.807, 2.05) is 30.3 Å². The molecule has 25 heavy (non-hydrogen) atoms. The third-order valence-electron chi connectivity index (χ3n) is 1.38. The van der Waals surface area contributed by atoms with Crippen LogP contribution in [-0.2, 0) is 26.7 Å². The first-order valence-corrected chi connectivity index (χ1v) is 7.73. The van der Waals surface area contributed by atoms with E-state index in [0.717, 1.165) is 0 Å². The van der Waals surface area contributed by atoms with Crippen LogP contribution in [0.1, 0.15) is 0 Å². The molecule has 0 aliphatic carbocycles. The Labute approximate surface area is 185 Å². The van der Waals surface area contributed by atoms with Crippen molar-refractivity contribution in [1.29, 1.82) is 0 Å². The number of carbonyl (C=O) groups excluding carboxylic acids is 1. The third kappa shape index (κ3) is 23.9. The summed E-state index contributed by atoms with van der Waals surface area (Å²) in [6.07, 6.45) is 0. The molecule has 0 aromatic heterocycles. The number of carboxylic acid groups (broad SMARTS) is 2. The minimum absolute atomic E-state index is 0. The number of rotatable bonds is 0. The van der Waals surface area contributed by atoms with E-state index in [0.29, 0.717) is 0 Å². The maximum atomic E-state index is 9.62. The Balaban J connectivity index is -0.000000257. The Morgan fingerprint density at radius 2 is 1.24 bits per heavy atom. The van der Waals surface area contributed by atoms with E-state index < -0.39 is 19.5 Å². The van der Waals surface area contributed by atoms with E-state index in [9.17, 15) is 14.7 Å². The molecule has 0 heterocycles. The molecule has 1 N–H and O–H groups in total. The average Bonchev–Trinajstić information content (AvgIpc) is 3.16. The first kappa shape index (κ1) is 29.7. The Kier molecular flexibility index (Phi) is 19.1. The molecule has 2 aromatic carbocycles. The molecular formula is C14H7Cl6FeO4-4. The summed E-state index contributed by atoms with van der Waals surface area (Å²) in [5.41, 5.74) is 0. The van der Waals surface area contributed by atoms with E-state index in [1.165, 1.54) is 0 Å². The Bertz CT molecular complexity index is 448. The van der Waals surface area contributed by atoms with Crippen molar-refractivity contribution < 1.29 is 36.9 Å². The van der Waals surface area contributed by atoms with Crippen molar-refractivity contribution in [2.75, 3.05) is 0 Å². The number of carbonyl (C=O) groups is 2. The van der Waals surface area contributed by atoms with Crippen molar-refractivity contribution in [3.05, 3.63) is 60.7 Å². The molecule has 2 aromatic rings. The van der Waals surface area contributed by atoms with Crippen molar-refractivity contribution >= 4 is 81.5 Å². The van der Waals surface area contributed by atoms with Crippen molar-refractivity contribution in [2.24, 2.45) is 0 Å². The first-order valence-electron chi connectivity index (χ1n) is 5.46. The monoisotopic (exact) mass is 505 g/mol. The second kappa shape index (κ2) is 16.1. The Morgan fingerprint density at radius 1 is 0.920 bits per heavy atom. The maximum Gasteiger partial charge on any atom is 3.00 e. The van der Waals surface area contributed by atoms with Gasteiger partial charge in [-0.25, -0.2) is 16.9 Å². The van der Waals surface area contributed by atoms with Crippen LogP contribution in [0.15, 0.2) is 36.4 Å². The van der Waals surface area contributed by atoms with Gasteiger partial charge in [-0.1, -0.05) is 69.6 Å². The molecule has 0 saturated heterocycles. The largest absolute Gasteiger partial charge is 3.00 e. The van der Waals surface area contributed by atoms with E-state index in [2.05, 4.69) is 24.3 Å². The summed E-state index contributed by atoms with van der Waals surface area (Å²) in [5.74, 6) is -3.17. The van der Waals surface area contributed by atoms with Crippen molar-refractivity contribution in [3.8, 4) is 0 Å². The van der Waals surface area contributed by atoms with E-state index in [4.69, 9.17) is 74.7 Å². The predicted molar refractivity (Wildman–Crippen MR) is 92.6 cm³/mol. The van der Waals surface area contributed by atoms with Crippen LogP contribution in [0, 0.1) is 24.3 Å². The summed E-state index contributed by atoms with van der Waals surface area (Å²) in [4.78, 5) is 19.1. The van der Waals surface area contributed by atoms with Gasteiger partial charge in [-0.15, -0.1) is 0 Å². The van der Waals surface area contributed by atoms with Crippen molar-refractivity contribution in [3.63, 3.8) is 0 Å². The van der Waals surface area contributed by atoms with Gasteiger partial charge in [0.15, 0.2) is 0 Å². The molecule has 0 bridgehead atoms. The van der Waals surface area contributed by atoms with Gasteiger partial charge in [-0.3, -0.25) is 0 Å². The number of aliphatic carboxylic acids is 2. The fraction of sp³-hybridized carbons (Fsp3) is 0.143. The van der Waals surface area contributed by atoms with Crippen LogP contribution in [-0.4, -0.2) is 24.6 Å². The summed E-state index contributed by atoms with van der Waals surface area (Å²) in [6, 6.07) is 22.0. The van der Waals surface area contributed by atoms with E-state index in [-0.39, 0.29) is 17.1 Å². The first-order chi connectivity index (χ1) is 10.9. The van der Waals surface area contributed by atoms with Crippen LogP contribution in [0.4, 0.5) is 0 Å². The normalized spacial score (nSPS) is 9.52. The van der Waals surface area contributed by atoms with Gasteiger partial charge in [0.05, 0.1) is 5.97 Å². The number of carboxylic acids is 2. The number of hydrogen-bond donors (Lipinski definition) is 1.